The van der Waals surface area contributed by atoms with E-state index in [1.54, 1.807) is 54.6 Å². The number of anilines is 1. The number of halogens is 2. The fourth-order valence-corrected chi connectivity index (χ4v) is 3.21. The molecule has 0 fully saturated rings. The van der Waals surface area contributed by atoms with Crippen LogP contribution in [0.25, 0.3) is 6.08 Å². The Balaban J connectivity index is 1.83. The van der Waals surface area contributed by atoms with Crippen molar-refractivity contribution in [2.75, 3.05) is 12.4 Å². The minimum Gasteiger partial charge on any atom is -0.496 e. The average molecular weight is 435 g/mol. The quantitative estimate of drug-likeness (QED) is 0.386. The van der Waals surface area contributed by atoms with E-state index in [-0.39, 0.29) is 11.4 Å². The SMILES string of the molecule is COc1cc(/C=C(\C#N)C(=O)Nc2ccc(C)c(Cl)c2)ccc1Cc1ccccc1F. The highest BCUT2D eigenvalue weighted by Gasteiger charge is 2.12. The highest BCUT2D eigenvalue weighted by molar-refractivity contribution is 6.31. The molecular weight excluding hydrogens is 415 g/mol. The summed E-state index contributed by atoms with van der Waals surface area (Å²) < 4.78 is 19.4. The number of nitrogens with zero attached hydrogens (tertiary/aromatic N) is 1. The van der Waals surface area contributed by atoms with E-state index in [9.17, 15) is 14.4 Å². The summed E-state index contributed by atoms with van der Waals surface area (Å²) in [6.45, 7) is 1.86. The van der Waals surface area contributed by atoms with Crippen LogP contribution in [0.3, 0.4) is 0 Å². The molecule has 0 aromatic heterocycles. The van der Waals surface area contributed by atoms with E-state index in [1.165, 1.54) is 19.3 Å². The summed E-state index contributed by atoms with van der Waals surface area (Å²) in [5.74, 6) is -0.287. The largest absolute Gasteiger partial charge is 0.496 e. The third-order valence-corrected chi connectivity index (χ3v) is 5.16. The summed E-state index contributed by atoms with van der Waals surface area (Å²) in [6, 6.07) is 18.9. The van der Waals surface area contributed by atoms with Gasteiger partial charge >= 0.3 is 0 Å². The molecule has 6 heteroatoms. The topological polar surface area (TPSA) is 62.1 Å². The van der Waals surface area contributed by atoms with Crippen LogP contribution in [0, 0.1) is 24.1 Å². The smallest absolute Gasteiger partial charge is 0.266 e. The molecular formula is C25H20ClFN2O2. The van der Waals surface area contributed by atoms with E-state index in [4.69, 9.17) is 16.3 Å². The van der Waals surface area contributed by atoms with Gasteiger partial charge in [-0.1, -0.05) is 48.0 Å². The van der Waals surface area contributed by atoms with E-state index in [1.807, 2.05) is 13.0 Å². The Labute approximate surface area is 185 Å². The number of hydrogen-bond donors (Lipinski definition) is 1. The molecule has 4 nitrogen and oxygen atoms in total. The van der Waals surface area contributed by atoms with Crippen LogP contribution in [0.5, 0.6) is 5.75 Å². The van der Waals surface area contributed by atoms with Crippen molar-refractivity contribution >= 4 is 29.3 Å². The number of methoxy groups -OCH3 is 1. The minimum atomic E-state index is -0.545. The van der Waals surface area contributed by atoms with Gasteiger partial charge < -0.3 is 10.1 Å². The number of aryl methyl sites for hydroxylation is 1. The van der Waals surface area contributed by atoms with Gasteiger partial charge in [-0.3, -0.25) is 4.79 Å². The van der Waals surface area contributed by atoms with Crippen molar-refractivity contribution in [2.24, 2.45) is 0 Å². The predicted molar refractivity (Wildman–Crippen MR) is 121 cm³/mol. The number of hydrogen-bond acceptors (Lipinski definition) is 3. The van der Waals surface area contributed by atoms with E-state index in [0.717, 1.165) is 11.1 Å². The molecule has 0 aliphatic carbocycles. The van der Waals surface area contributed by atoms with Gasteiger partial charge in [0.05, 0.1) is 7.11 Å². The zero-order chi connectivity index (χ0) is 22.4. The number of carbonyl (C=O) groups is 1. The molecule has 0 aliphatic rings. The lowest BCUT2D eigenvalue weighted by atomic mass is 10.0. The van der Waals surface area contributed by atoms with E-state index in [2.05, 4.69) is 5.32 Å². The second kappa shape index (κ2) is 9.92. The van der Waals surface area contributed by atoms with Crippen LogP contribution >= 0.6 is 11.6 Å². The molecule has 0 radical (unpaired) electrons. The molecule has 0 heterocycles. The van der Waals surface area contributed by atoms with Gasteiger partial charge in [-0.2, -0.15) is 5.26 Å². The van der Waals surface area contributed by atoms with Crippen LogP contribution in [-0.4, -0.2) is 13.0 Å². The maximum absolute atomic E-state index is 14.0. The Morgan fingerprint density at radius 3 is 2.61 bits per heavy atom. The highest BCUT2D eigenvalue weighted by Crippen LogP contribution is 2.26. The van der Waals surface area contributed by atoms with Gasteiger partial charge in [-0.15, -0.1) is 0 Å². The summed E-state index contributed by atoms with van der Waals surface area (Å²) in [5, 5.41) is 12.7. The summed E-state index contributed by atoms with van der Waals surface area (Å²) in [7, 11) is 1.52. The van der Waals surface area contributed by atoms with Gasteiger partial charge in [0.1, 0.15) is 23.2 Å². The van der Waals surface area contributed by atoms with Crippen molar-refractivity contribution in [1.29, 1.82) is 5.26 Å². The average Bonchev–Trinajstić information content (AvgIpc) is 2.76. The van der Waals surface area contributed by atoms with E-state index < -0.39 is 5.91 Å². The fourth-order valence-electron chi connectivity index (χ4n) is 3.03. The molecule has 1 N–H and O–H groups in total. The van der Waals surface area contributed by atoms with Crippen molar-refractivity contribution < 1.29 is 13.9 Å². The van der Waals surface area contributed by atoms with E-state index >= 15 is 0 Å². The Morgan fingerprint density at radius 2 is 1.94 bits per heavy atom. The number of nitrogens with one attached hydrogen (secondary N) is 1. The van der Waals surface area contributed by atoms with Gasteiger partial charge in [0.25, 0.3) is 5.91 Å². The third-order valence-electron chi connectivity index (χ3n) is 4.76. The first-order valence-electron chi connectivity index (χ1n) is 9.51. The molecule has 0 atom stereocenters. The Morgan fingerprint density at radius 1 is 1.16 bits per heavy atom. The number of ether oxygens (including phenoxy) is 1. The molecule has 3 aromatic rings. The maximum Gasteiger partial charge on any atom is 0.266 e. The van der Waals surface area contributed by atoms with Gasteiger partial charge in [-0.25, -0.2) is 4.39 Å². The molecule has 3 rings (SSSR count). The molecule has 31 heavy (non-hydrogen) atoms. The molecule has 0 spiro atoms. The number of carbonyl (C=O) groups excluding carboxylic acids is 1. The van der Waals surface area contributed by atoms with Crippen LogP contribution in [-0.2, 0) is 11.2 Å². The minimum absolute atomic E-state index is 0.0689. The van der Waals surface area contributed by atoms with Crippen molar-refractivity contribution in [1.82, 2.24) is 0 Å². The van der Waals surface area contributed by atoms with Crippen molar-refractivity contribution in [2.45, 2.75) is 13.3 Å². The Kier molecular flexibility index (Phi) is 7.07. The monoisotopic (exact) mass is 434 g/mol. The predicted octanol–water partition coefficient (Wildman–Crippen LogP) is 5.93. The Hall–Kier alpha value is -3.62. The number of rotatable bonds is 6. The summed E-state index contributed by atoms with van der Waals surface area (Å²) in [5.41, 5.74) is 3.28. The van der Waals surface area contributed by atoms with Crippen LogP contribution in [0.4, 0.5) is 10.1 Å². The molecule has 0 saturated heterocycles. The first-order chi connectivity index (χ1) is 14.9. The summed E-state index contributed by atoms with van der Waals surface area (Å²) >= 11 is 6.09. The molecule has 0 unspecified atom stereocenters. The molecule has 1 amide bonds. The highest BCUT2D eigenvalue weighted by atomic mass is 35.5. The zero-order valence-corrected chi connectivity index (χ0v) is 17.8. The number of benzene rings is 3. The van der Waals surface area contributed by atoms with E-state index in [0.29, 0.717) is 34.0 Å². The van der Waals surface area contributed by atoms with Crippen LogP contribution in [0.15, 0.2) is 66.2 Å². The van der Waals surface area contributed by atoms with Crippen LogP contribution in [0.1, 0.15) is 22.3 Å². The lowest BCUT2D eigenvalue weighted by molar-refractivity contribution is -0.112. The van der Waals surface area contributed by atoms with Crippen LogP contribution in [0.2, 0.25) is 5.02 Å². The standard InChI is InChI=1S/C25H20ClFN2O2/c1-16-7-10-21(14-22(16)26)29-25(30)20(15-28)11-17-8-9-19(24(12-17)31-2)13-18-5-3-4-6-23(18)27/h3-12,14H,13H2,1-2H3,(H,29,30)/b20-11+. The lowest BCUT2D eigenvalue weighted by Gasteiger charge is -2.11. The van der Waals surface area contributed by atoms with Crippen molar-refractivity contribution in [3.8, 4) is 11.8 Å². The fraction of sp³-hybridized carbons (Fsp3) is 0.120. The lowest BCUT2D eigenvalue weighted by Crippen LogP contribution is -2.13. The molecule has 156 valence electrons. The molecule has 0 saturated carbocycles. The van der Waals surface area contributed by atoms with Gasteiger partial charge in [0.15, 0.2) is 0 Å². The third kappa shape index (κ3) is 5.50. The molecule has 0 bridgehead atoms. The summed E-state index contributed by atoms with van der Waals surface area (Å²) in [6.07, 6.45) is 1.83. The Bertz CT molecular complexity index is 1200. The number of nitriles is 1. The second-order valence-corrected chi connectivity index (χ2v) is 7.33. The molecule has 3 aromatic carbocycles. The number of amides is 1. The normalized spacial score (nSPS) is 11.0. The second-order valence-electron chi connectivity index (χ2n) is 6.93. The van der Waals surface area contributed by atoms with Gasteiger partial charge in [-0.05, 0) is 59.5 Å². The van der Waals surface area contributed by atoms with Gasteiger partial charge in [0, 0.05) is 17.1 Å². The zero-order valence-electron chi connectivity index (χ0n) is 17.1. The van der Waals surface area contributed by atoms with Crippen molar-refractivity contribution in [3.63, 3.8) is 0 Å². The van der Waals surface area contributed by atoms with Gasteiger partial charge in [0.2, 0.25) is 0 Å². The first kappa shape index (κ1) is 22.1. The maximum atomic E-state index is 14.0. The first-order valence-corrected chi connectivity index (χ1v) is 9.88. The van der Waals surface area contributed by atoms with Crippen molar-refractivity contribution in [3.05, 3.63) is 99.3 Å². The molecule has 0 aliphatic heterocycles. The summed E-state index contributed by atoms with van der Waals surface area (Å²) in [4.78, 5) is 12.5. The van der Waals surface area contributed by atoms with Crippen LogP contribution < -0.4 is 10.1 Å².